The first-order valence-electron chi connectivity index (χ1n) is 11.2. The van der Waals surface area contributed by atoms with Crippen LogP contribution in [0.3, 0.4) is 0 Å². The van der Waals surface area contributed by atoms with Crippen molar-refractivity contribution < 1.29 is 4.79 Å². The van der Waals surface area contributed by atoms with Gasteiger partial charge in [0.05, 0.1) is 0 Å². The summed E-state index contributed by atoms with van der Waals surface area (Å²) < 4.78 is 0. The average Bonchev–Trinajstić information content (AvgIpc) is 3.17. The van der Waals surface area contributed by atoms with E-state index in [1.54, 1.807) is 0 Å². The van der Waals surface area contributed by atoms with Gasteiger partial charge in [-0.1, -0.05) is 19.1 Å². The molecule has 3 rings (SSSR count). The second-order valence-corrected chi connectivity index (χ2v) is 8.40. The van der Waals surface area contributed by atoms with Crippen LogP contribution in [0, 0.1) is 5.92 Å². The molecule has 2 saturated heterocycles. The SMILES string of the molecule is CN=C(NCCCCN1CCC(C)CC1)NCc1ccc(N2CCCC2=O)cc1. The zero-order valence-electron chi connectivity index (χ0n) is 18.1. The molecule has 2 aliphatic rings. The van der Waals surface area contributed by atoms with E-state index in [4.69, 9.17) is 0 Å². The van der Waals surface area contributed by atoms with E-state index in [-0.39, 0.29) is 5.91 Å². The second-order valence-electron chi connectivity index (χ2n) is 8.40. The van der Waals surface area contributed by atoms with Crippen LogP contribution >= 0.6 is 0 Å². The predicted octanol–water partition coefficient (Wildman–Crippen LogP) is 2.99. The highest BCUT2D eigenvalue weighted by atomic mass is 16.2. The Bertz CT molecular complexity index is 664. The molecule has 0 unspecified atom stereocenters. The Balaban J connectivity index is 1.31. The van der Waals surface area contributed by atoms with Crippen LogP contribution in [-0.4, -0.2) is 56.5 Å². The number of unbranched alkanes of at least 4 members (excludes halogenated alkanes) is 1. The summed E-state index contributed by atoms with van der Waals surface area (Å²) in [7, 11) is 1.81. The minimum absolute atomic E-state index is 0.232. The van der Waals surface area contributed by atoms with Crippen LogP contribution in [0.2, 0.25) is 0 Å². The van der Waals surface area contributed by atoms with Gasteiger partial charge < -0.3 is 20.4 Å². The average molecular weight is 400 g/mol. The molecular weight excluding hydrogens is 362 g/mol. The molecule has 29 heavy (non-hydrogen) atoms. The molecule has 1 aromatic carbocycles. The number of hydrogen-bond acceptors (Lipinski definition) is 3. The quantitative estimate of drug-likeness (QED) is 0.401. The summed E-state index contributed by atoms with van der Waals surface area (Å²) >= 11 is 0. The zero-order valence-corrected chi connectivity index (χ0v) is 18.1. The number of carbonyl (C=O) groups is 1. The van der Waals surface area contributed by atoms with Crippen LogP contribution in [0.25, 0.3) is 0 Å². The summed E-state index contributed by atoms with van der Waals surface area (Å²) in [4.78, 5) is 20.7. The smallest absolute Gasteiger partial charge is 0.227 e. The molecule has 1 amide bonds. The molecule has 0 spiro atoms. The van der Waals surface area contributed by atoms with Gasteiger partial charge in [0.15, 0.2) is 5.96 Å². The first kappa shape index (κ1) is 21.6. The lowest BCUT2D eigenvalue weighted by Gasteiger charge is -2.30. The van der Waals surface area contributed by atoms with Crippen molar-refractivity contribution in [1.82, 2.24) is 15.5 Å². The summed E-state index contributed by atoms with van der Waals surface area (Å²) in [6, 6.07) is 8.25. The van der Waals surface area contributed by atoms with Gasteiger partial charge in [0, 0.05) is 38.8 Å². The van der Waals surface area contributed by atoms with E-state index >= 15 is 0 Å². The number of hydrogen-bond donors (Lipinski definition) is 2. The highest BCUT2D eigenvalue weighted by Gasteiger charge is 2.21. The van der Waals surface area contributed by atoms with Crippen molar-refractivity contribution in [1.29, 1.82) is 0 Å². The summed E-state index contributed by atoms with van der Waals surface area (Å²) in [5.41, 5.74) is 2.18. The number of rotatable bonds is 8. The van der Waals surface area contributed by atoms with Crippen LogP contribution in [0.4, 0.5) is 5.69 Å². The molecule has 2 N–H and O–H groups in total. The maximum Gasteiger partial charge on any atom is 0.227 e. The molecule has 0 atom stereocenters. The van der Waals surface area contributed by atoms with Crippen LogP contribution in [0.5, 0.6) is 0 Å². The monoisotopic (exact) mass is 399 g/mol. The van der Waals surface area contributed by atoms with Crippen LogP contribution in [-0.2, 0) is 11.3 Å². The molecule has 160 valence electrons. The van der Waals surface area contributed by atoms with E-state index in [9.17, 15) is 4.79 Å². The third-order valence-corrected chi connectivity index (χ3v) is 6.07. The molecule has 2 fully saturated rings. The molecule has 2 heterocycles. The molecule has 6 nitrogen and oxygen atoms in total. The second kappa shape index (κ2) is 11.2. The lowest BCUT2D eigenvalue weighted by Crippen LogP contribution is -2.38. The first-order valence-corrected chi connectivity index (χ1v) is 11.2. The fraction of sp³-hybridized carbons (Fsp3) is 0.652. The van der Waals surface area contributed by atoms with Crippen molar-refractivity contribution in [2.24, 2.45) is 10.9 Å². The number of likely N-dealkylation sites (tertiary alicyclic amines) is 1. The van der Waals surface area contributed by atoms with E-state index < -0.39 is 0 Å². The standard InChI is InChI=1S/C23H37N5O/c1-19-11-16-27(17-12-19)14-4-3-13-25-23(24-2)26-18-20-7-9-21(10-8-20)28-15-5-6-22(28)29/h7-10,19H,3-6,11-18H2,1-2H3,(H2,24,25,26). The third kappa shape index (κ3) is 6.74. The van der Waals surface area contributed by atoms with E-state index in [0.717, 1.165) is 50.0 Å². The van der Waals surface area contributed by atoms with Gasteiger partial charge in [-0.05, 0) is 75.4 Å². The van der Waals surface area contributed by atoms with Crippen LogP contribution in [0.1, 0.15) is 51.0 Å². The highest BCUT2D eigenvalue weighted by molar-refractivity contribution is 5.95. The normalized spacial score (nSPS) is 19.0. The van der Waals surface area contributed by atoms with Gasteiger partial charge >= 0.3 is 0 Å². The summed E-state index contributed by atoms with van der Waals surface area (Å²) in [6.07, 6.45) is 6.72. The zero-order chi connectivity index (χ0) is 20.5. The Hall–Kier alpha value is -2.08. The van der Waals surface area contributed by atoms with E-state index in [1.165, 1.54) is 44.5 Å². The van der Waals surface area contributed by atoms with Gasteiger partial charge in [0.1, 0.15) is 0 Å². The number of carbonyl (C=O) groups excluding carboxylic acids is 1. The molecule has 0 aliphatic carbocycles. The number of aliphatic imine (C=N–C) groups is 1. The Morgan fingerprint density at radius 3 is 2.52 bits per heavy atom. The van der Waals surface area contributed by atoms with Crippen LogP contribution < -0.4 is 15.5 Å². The van der Waals surface area contributed by atoms with Crippen molar-refractivity contribution in [3.05, 3.63) is 29.8 Å². The van der Waals surface area contributed by atoms with Gasteiger partial charge in [-0.15, -0.1) is 0 Å². The molecular formula is C23H37N5O. The van der Waals surface area contributed by atoms with Crippen molar-refractivity contribution in [2.45, 2.75) is 52.0 Å². The molecule has 0 saturated carbocycles. The van der Waals surface area contributed by atoms with Gasteiger partial charge in [0.2, 0.25) is 5.91 Å². The number of nitrogens with zero attached hydrogens (tertiary/aromatic N) is 3. The number of benzene rings is 1. The maximum atomic E-state index is 11.9. The fourth-order valence-electron chi connectivity index (χ4n) is 4.07. The number of amides is 1. The van der Waals surface area contributed by atoms with Crippen LogP contribution in [0.15, 0.2) is 29.3 Å². The molecule has 0 aromatic heterocycles. The number of anilines is 1. The van der Waals surface area contributed by atoms with E-state index in [2.05, 4.69) is 39.6 Å². The molecule has 1 aromatic rings. The lowest BCUT2D eigenvalue weighted by atomic mass is 9.99. The fourth-order valence-corrected chi connectivity index (χ4v) is 4.07. The van der Waals surface area contributed by atoms with Crippen molar-refractivity contribution in [3.8, 4) is 0 Å². The van der Waals surface area contributed by atoms with Crippen molar-refractivity contribution in [3.63, 3.8) is 0 Å². The first-order chi connectivity index (χ1) is 14.2. The van der Waals surface area contributed by atoms with Gasteiger partial charge in [0.25, 0.3) is 0 Å². The highest BCUT2D eigenvalue weighted by Crippen LogP contribution is 2.21. The molecule has 0 bridgehead atoms. The minimum Gasteiger partial charge on any atom is -0.356 e. The van der Waals surface area contributed by atoms with Gasteiger partial charge in [-0.3, -0.25) is 9.79 Å². The number of guanidine groups is 1. The predicted molar refractivity (Wildman–Crippen MR) is 120 cm³/mol. The topological polar surface area (TPSA) is 60.0 Å². The summed E-state index contributed by atoms with van der Waals surface area (Å²) in [5.74, 6) is 1.98. The van der Waals surface area contributed by atoms with E-state index in [0.29, 0.717) is 6.42 Å². The summed E-state index contributed by atoms with van der Waals surface area (Å²) in [6.45, 7) is 8.61. The minimum atomic E-state index is 0.232. The third-order valence-electron chi connectivity index (χ3n) is 6.07. The Labute approximate surface area is 175 Å². The molecule has 6 heteroatoms. The number of piperidine rings is 1. The Kier molecular flexibility index (Phi) is 8.35. The van der Waals surface area contributed by atoms with Gasteiger partial charge in [-0.25, -0.2) is 0 Å². The van der Waals surface area contributed by atoms with Crippen molar-refractivity contribution in [2.75, 3.05) is 44.7 Å². The Morgan fingerprint density at radius 2 is 1.86 bits per heavy atom. The number of nitrogens with one attached hydrogen (secondary N) is 2. The maximum absolute atomic E-state index is 11.9. The molecule has 2 aliphatic heterocycles. The van der Waals surface area contributed by atoms with Crippen molar-refractivity contribution >= 4 is 17.6 Å². The largest absolute Gasteiger partial charge is 0.356 e. The van der Waals surface area contributed by atoms with E-state index in [1.807, 2.05) is 24.1 Å². The molecule has 0 radical (unpaired) electrons. The Morgan fingerprint density at radius 1 is 1.10 bits per heavy atom. The lowest BCUT2D eigenvalue weighted by molar-refractivity contribution is -0.117. The summed E-state index contributed by atoms with van der Waals surface area (Å²) in [5, 5.41) is 6.79. The van der Waals surface area contributed by atoms with Gasteiger partial charge in [-0.2, -0.15) is 0 Å².